The van der Waals surface area contributed by atoms with Crippen LogP contribution in [0.3, 0.4) is 0 Å². The first kappa shape index (κ1) is 12.8. The number of nitrogens with zero attached hydrogens (tertiary/aromatic N) is 4. The van der Waals surface area contributed by atoms with E-state index in [2.05, 4.69) is 51.6 Å². The lowest BCUT2D eigenvalue weighted by atomic mass is 10.0. The van der Waals surface area contributed by atoms with Crippen LogP contribution in [0, 0.1) is 6.92 Å². The van der Waals surface area contributed by atoms with Gasteiger partial charge in [-0.1, -0.05) is 11.6 Å². The molecule has 0 unspecified atom stereocenters. The first-order valence-electron chi connectivity index (χ1n) is 7.63. The van der Waals surface area contributed by atoms with Gasteiger partial charge in [-0.3, -0.25) is 4.98 Å². The van der Waals surface area contributed by atoms with Crippen molar-refractivity contribution in [2.24, 2.45) is 0 Å². The van der Waals surface area contributed by atoms with Gasteiger partial charge in [0.05, 0.1) is 23.6 Å². The summed E-state index contributed by atoms with van der Waals surface area (Å²) in [5.41, 5.74) is 4.58. The van der Waals surface area contributed by atoms with Crippen molar-refractivity contribution >= 4 is 21.9 Å². The van der Waals surface area contributed by atoms with Crippen LogP contribution in [0.5, 0.6) is 0 Å². The van der Waals surface area contributed by atoms with Crippen LogP contribution in [0.1, 0.15) is 24.4 Å². The first-order valence-corrected chi connectivity index (χ1v) is 7.63. The van der Waals surface area contributed by atoms with Gasteiger partial charge in [-0.2, -0.15) is 0 Å². The topological polar surface area (TPSA) is 34.0 Å². The maximum atomic E-state index is 4.58. The van der Waals surface area contributed by atoms with Crippen molar-refractivity contribution in [3.8, 4) is 0 Å². The van der Waals surface area contributed by atoms with E-state index in [0.29, 0.717) is 6.04 Å². The van der Waals surface area contributed by atoms with Gasteiger partial charge in [0.25, 0.3) is 0 Å². The van der Waals surface area contributed by atoms with Crippen LogP contribution >= 0.6 is 0 Å². The van der Waals surface area contributed by atoms with Gasteiger partial charge in [0.2, 0.25) is 0 Å². The molecule has 1 aliphatic heterocycles. The van der Waals surface area contributed by atoms with E-state index in [0.717, 1.165) is 24.1 Å². The molecule has 3 aromatic rings. The van der Waals surface area contributed by atoms with E-state index in [-0.39, 0.29) is 0 Å². The minimum absolute atomic E-state index is 0.553. The highest BCUT2D eigenvalue weighted by Crippen LogP contribution is 2.30. The molecule has 0 atom stereocenters. The third-order valence-corrected chi connectivity index (χ3v) is 4.64. The maximum absolute atomic E-state index is 4.58. The van der Waals surface area contributed by atoms with E-state index in [9.17, 15) is 0 Å². The fourth-order valence-electron chi connectivity index (χ4n) is 3.38. The molecule has 21 heavy (non-hydrogen) atoms. The largest absolute Gasteiger partial charge is 0.327 e. The Morgan fingerprint density at radius 2 is 1.90 bits per heavy atom. The molecule has 1 fully saturated rings. The molecule has 108 valence electrons. The van der Waals surface area contributed by atoms with Gasteiger partial charge in [0.15, 0.2) is 0 Å². The molecular formula is C17H20N4. The standard InChI is InChI=1S/C17H20N4/c1-12-3-4-15-14(9-12)17-16(10-18-15)19-11-21(17)13-5-7-20(2)8-6-13/h3-4,9-11,13H,5-8H2,1-2H3. The number of aromatic nitrogens is 3. The zero-order chi connectivity index (χ0) is 14.4. The van der Waals surface area contributed by atoms with Crippen LogP contribution < -0.4 is 0 Å². The molecule has 1 saturated heterocycles. The van der Waals surface area contributed by atoms with Gasteiger partial charge in [-0.25, -0.2) is 4.98 Å². The van der Waals surface area contributed by atoms with Crippen LogP contribution in [-0.4, -0.2) is 39.6 Å². The third-order valence-electron chi connectivity index (χ3n) is 4.64. The summed E-state index contributed by atoms with van der Waals surface area (Å²) in [5.74, 6) is 0. The Bertz CT molecular complexity index is 797. The van der Waals surface area contributed by atoms with Gasteiger partial charge in [-0.05, 0) is 52.0 Å². The fourth-order valence-corrected chi connectivity index (χ4v) is 3.38. The summed E-state index contributed by atoms with van der Waals surface area (Å²) < 4.78 is 2.38. The van der Waals surface area contributed by atoms with Gasteiger partial charge in [-0.15, -0.1) is 0 Å². The number of imidazole rings is 1. The molecule has 4 rings (SSSR count). The van der Waals surface area contributed by atoms with Crippen molar-refractivity contribution in [3.63, 3.8) is 0 Å². The summed E-state index contributed by atoms with van der Waals surface area (Å²) in [5, 5.41) is 1.23. The number of piperidine rings is 1. The van der Waals surface area contributed by atoms with E-state index in [1.165, 1.54) is 29.3 Å². The molecule has 4 nitrogen and oxygen atoms in total. The highest BCUT2D eigenvalue weighted by molar-refractivity contribution is 6.02. The molecule has 0 radical (unpaired) electrons. The van der Waals surface area contributed by atoms with Crippen molar-refractivity contribution in [1.82, 2.24) is 19.4 Å². The summed E-state index contributed by atoms with van der Waals surface area (Å²) in [6.45, 7) is 4.45. The maximum Gasteiger partial charge on any atom is 0.107 e. The van der Waals surface area contributed by atoms with Crippen molar-refractivity contribution < 1.29 is 0 Å². The minimum atomic E-state index is 0.553. The SMILES string of the molecule is Cc1ccc2ncc3ncn(C4CCN(C)CC4)c3c2c1. The molecule has 1 aromatic carbocycles. The van der Waals surface area contributed by atoms with Crippen LogP contribution in [0.25, 0.3) is 21.9 Å². The predicted octanol–water partition coefficient (Wildman–Crippen LogP) is 3.16. The van der Waals surface area contributed by atoms with Gasteiger partial charge in [0, 0.05) is 11.4 Å². The number of likely N-dealkylation sites (tertiary alicyclic amines) is 1. The number of benzene rings is 1. The minimum Gasteiger partial charge on any atom is -0.327 e. The Labute approximate surface area is 124 Å². The van der Waals surface area contributed by atoms with E-state index < -0.39 is 0 Å². The second-order valence-electron chi connectivity index (χ2n) is 6.20. The van der Waals surface area contributed by atoms with Crippen molar-refractivity contribution in [1.29, 1.82) is 0 Å². The van der Waals surface area contributed by atoms with Crippen LogP contribution in [0.2, 0.25) is 0 Å². The lowest BCUT2D eigenvalue weighted by molar-refractivity contribution is 0.224. The Kier molecular flexibility index (Phi) is 2.93. The van der Waals surface area contributed by atoms with E-state index >= 15 is 0 Å². The summed E-state index contributed by atoms with van der Waals surface area (Å²) in [7, 11) is 2.20. The van der Waals surface area contributed by atoms with E-state index in [1.807, 2.05) is 12.5 Å². The normalized spacial score (nSPS) is 17.8. The molecule has 4 heteroatoms. The molecule has 2 aromatic heterocycles. The Balaban J connectivity index is 1.91. The number of rotatable bonds is 1. The van der Waals surface area contributed by atoms with Gasteiger partial charge >= 0.3 is 0 Å². The number of aryl methyl sites for hydroxylation is 1. The lowest BCUT2D eigenvalue weighted by Crippen LogP contribution is -2.31. The molecule has 1 aliphatic rings. The molecule has 0 amide bonds. The molecule has 0 N–H and O–H groups in total. The lowest BCUT2D eigenvalue weighted by Gasteiger charge is -2.30. The Morgan fingerprint density at radius 3 is 2.71 bits per heavy atom. The quantitative estimate of drug-likeness (QED) is 0.686. The molecule has 0 saturated carbocycles. The van der Waals surface area contributed by atoms with Crippen LogP contribution in [0.4, 0.5) is 0 Å². The zero-order valence-electron chi connectivity index (χ0n) is 12.6. The van der Waals surface area contributed by atoms with Crippen molar-refractivity contribution in [2.45, 2.75) is 25.8 Å². The first-order chi connectivity index (χ1) is 10.2. The monoisotopic (exact) mass is 280 g/mol. The highest BCUT2D eigenvalue weighted by atomic mass is 15.1. The average molecular weight is 280 g/mol. The van der Waals surface area contributed by atoms with Crippen molar-refractivity contribution in [2.75, 3.05) is 20.1 Å². The smallest absolute Gasteiger partial charge is 0.107 e. The van der Waals surface area contributed by atoms with E-state index in [4.69, 9.17) is 0 Å². The number of hydrogen-bond acceptors (Lipinski definition) is 3. The summed E-state index contributed by atoms with van der Waals surface area (Å²) >= 11 is 0. The van der Waals surface area contributed by atoms with Gasteiger partial charge < -0.3 is 9.47 Å². The summed E-state index contributed by atoms with van der Waals surface area (Å²) in [6.07, 6.45) is 6.29. The van der Waals surface area contributed by atoms with Crippen molar-refractivity contribution in [3.05, 3.63) is 36.3 Å². The van der Waals surface area contributed by atoms with Crippen LogP contribution in [-0.2, 0) is 0 Å². The molecule has 0 aliphatic carbocycles. The fraction of sp³-hybridized carbons (Fsp3) is 0.412. The summed E-state index contributed by atoms with van der Waals surface area (Å²) in [4.78, 5) is 11.5. The molecule has 0 spiro atoms. The van der Waals surface area contributed by atoms with Crippen LogP contribution in [0.15, 0.2) is 30.7 Å². The van der Waals surface area contributed by atoms with Gasteiger partial charge in [0.1, 0.15) is 5.52 Å². The van der Waals surface area contributed by atoms with E-state index in [1.54, 1.807) is 0 Å². The number of pyridine rings is 1. The summed E-state index contributed by atoms with van der Waals surface area (Å²) in [6, 6.07) is 7.02. The molecular weight excluding hydrogens is 260 g/mol. The number of hydrogen-bond donors (Lipinski definition) is 0. The number of fused-ring (bicyclic) bond motifs is 3. The Hall–Kier alpha value is -1.94. The molecule has 0 bridgehead atoms. The second-order valence-corrected chi connectivity index (χ2v) is 6.20. The Morgan fingerprint density at radius 1 is 1.10 bits per heavy atom. The molecule has 3 heterocycles. The predicted molar refractivity (Wildman–Crippen MR) is 85.5 cm³/mol. The highest BCUT2D eigenvalue weighted by Gasteiger charge is 2.20. The average Bonchev–Trinajstić information content (AvgIpc) is 2.92. The zero-order valence-corrected chi connectivity index (χ0v) is 12.6. The second kappa shape index (κ2) is 4.81. The third kappa shape index (κ3) is 2.10.